The standard InChI is InChI=1S/C14H17N5O/c1-17-7-8-19(12-6-4-3-5-11(12)17)14(20)13-10(15)9-16-18(13)2/h3-6,9H,7-8,15H2,1-2H3. The summed E-state index contributed by atoms with van der Waals surface area (Å²) in [6.45, 7) is 1.43. The Hall–Kier alpha value is -2.50. The van der Waals surface area contributed by atoms with Gasteiger partial charge in [0, 0.05) is 27.2 Å². The third kappa shape index (κ3) is 1.80. The fourth-order valence-electron chi connectivity index (χ4n) is 2.56. The highest BCUT2D eigenvalue weighted by Crippen LogP contribution is 2.33. The Kier molecular flexibility index (Phi) is 2.85. The molecule has 0 saturated heterocycles. The number of hydrogen-bond acceptors (Lipinski definition) is 4. The number of amides is 1. The van der Waals surface area contributed by atoms with Gasteiger partial charge in [-0.05, 0) is 12.1 Å². The number of aromatic nitrogens is 2. The second kappa shape index (κ2) is 4.56. The van der Waals surface area contributed by atoms with E-state index in [0.29, 0.717) is 17.9 Å². The lowest BCUT2D eigenvalue weighted by molar-refractivity contribution is 0.0978. The van der Waals surface area contributed by atoms with E-state index < -0.39 is 0 Å². The maximum atomic E-state index is 12.7. The Morgan fingerprint density at radius 3 is 2.55 bits per heavy atom. The fourth-order valence-corrected chi connectivity index (χ4v) is 2.56. The molecule has 6 heteroatoms. The molecule has 1 aliphatic rings. The molecule has 0 bridgehead atoms. The topological polar surface area (TPSA) is 67.4 Å². The van der Waals surface area contributed by atoms with Crippen molar-refractivity contribution in [1.29, 1.82) is 0 Å². The van der Waals surface area contributed by atoms with Crippen LogP contribution in [0.3, 0.4) is 0 Å². The van der Waals surface area contributed by atoms with E-state index in [2.05, 4.69) is 10.00 Å². The van der Waals surface area contributed by atoms with Crippen LogP contribution in [-0.2, 0) is 7.05 Å². The van der Waals surface area contributed by atoms with Crippen LogP contribution in [0.25, 0.3) is 0 Å². The summed E-state index contributed by atoms with van der Waals surface area (Å²) in [4.78, 5) is 16.6. The maximum Gasteiger partial charge on any atom is 0.278 e. The van der Waals surface area contributed by atoms with Crippen LogP contribution in [0.4, 0.5) is 17.1 Å². The SMILES string of the molecule is CN1CCN(C(=O)c2c(N)cnn2C)c2ccccc21. The zero-order chi connectivity index (χ0) is 14.3. The molecule has 0 saturated carbocycles. The van der Waals surface area contributed by atoms with E-state index in [1.54, 1.807) is 11.9 Å². The first-order valence-corrected chi connectivity index (χ1v) is 6.49. The van der Waals surface area contributed by atoms with Crippen LogP contribution in [0.15, 0.2) is 30.5 Å². The van der Waals surface area contributed by atoms with Gasteiger partial charge >= 0.3 is 0 Å². The summed E-state index contributed by atoms with van der Waals surface area (Å²) in [5.41, 5.74) is 8.66. The van der Waals surface area contributed by atoms with Gasteiger partial charge in [0.15, 0.2) is 0 Å². The zero-order valence-corrected chi connectivity index (χ0v) is 11.6. The molecular formula is C14H17N5O. The second-order valence-electron chi connectivity index (χ2n) is 4.94. The number of carbonyl (C=O) groups is 1. The van der Waals surface area contributed by atoms with E-state index in [1.165, 1.54) is 10.9 Å². The summed E-state index contributed by atoms with van der Waals surface area (Å²) in [7, 11) is 3.75. The molecular weight excluding hydrogens is 254 g/mol. The van der Waals surface area contributed by atoms with E-state index in [4.69, 9.17) is 5.73 Å². The van der Waals surface area contributed by atoms with Crippen molar-refractivity contribution in [3.05, 3.63) is 36.2 Å². The Morgan fingerprint density at radius 2 is 1.90 bits per heavy atom. The summed E-state index contributed by atoms with van der Waals surface area (Å²) in [6, 6.07) is 7.88. The number of nitrogens with two attached hydrogens (primary N) is 1. The van der Waals surface area contributed by atoms with E-state index in [9.17, 15) is 4.79 Å². The fraction of sp³-hybridized carbons (Fsp3) is 0.286. The van der Waals surface area contributed by atoms with Crippen molar-refractivity contribution in [3.63, 3.8) is 0 Å². The number of likely N-dealkylation sites (N-methyl/N-ethyl adjacent to an activating group) is 1. The number of nitrogens with zero attached hydrogens (tertiary/aromatic N) is 4. The van der Waals surface area contributed by atoms with Crippen molar-refractivity contribution in [3.8, 4) is 0 Å². The molecule has 1 amide bonds. The quantitative estimate of drug-likeness (QED) is 0.843. The van der Waals surface area contributed by atoms with E-state index in [1.807, 2.05) is 31.3 Å². The van der Waals surface area contributed by atoms with Gasteiger partial charge < -0.3 is 15.5 Å². The smallest absolute Gasteiger partial charge is 0.278 e. The van der Waals surface area contributed by atoms with Crippen LogP contribution in [0.2, 0.25) is 0 Å². The van der Waals surface area contributed by atoms with Gasteiger partial charge in [-0.25, -0.2) is 0 Å². The normalized spacial score (nSPS) is 14.3. The Balaban J connectivity index is 2.04. The van der Waals surface area contributed by atoms with E-state index >= 15 is 0 Å². The van der Waals surface area contributed by atoms with Crippen LogP contribution >= 0.6 is 0 Å². The Morgan fingerprint density at radius 1 is 1.20 bits per heavy atom. The monoisotopic (exact) mass is 271 g/mol. The maximum absolute atomic E-state index is 12.7. The second-order valence-corrected chi connectivity index (χ2v) is 4.94. The minimum absolute atomic E-state index is 0.108. The lowest BCUT2D eigenvalue weighted by atomic mass is 10.1. The summed E-state index contributed by atoms with van der Waals surface area (Å²) in [5.74, 6) is -0.108. The van der Waals surface area contributed by atoms with Gasteiger partial charge in [-0.3, -0.25) is 9.48 Å². The van der Waals surface area contributed by atoms with Crippen LogP contribution < -0.4 is 15.5 Å². The molecule has 6 nitrogen and oxygen atoms in total. The molecule has 20 heavy (non-hydrogen) atoms. The van der Waals surface area contributed by atoms with Crippen LogP contribution in [0.1, 0.15) is 10.5 Å². The zero-order valence-electron chi connectivity index (χ0n) is 11.6. The highest BCUT2D eigenvalue weighted by Gasteiger charge is 2.28. The van der Waals surface area contributed by atoms with Gasteiger partial charge in [-0.2, -0.15) is 5.10 Å². The third-order valence-corrected chi connectivity index (χ3v) is 3.66. The van der Waals surface area contributed by atoms with E-state index in [-0.39, 0.29) is 5.91 Å². The van der Waals surface area contributed by atoms with Crippen molar-refractivity contribution in [1.82, 2.24) is 9.78 Å². The predicted molar refractivity (Wildman–Crippen MR) is 79.0 cm³/mol. The molecule has 2 heterocycles. The number of fused-ring (bicyclic) bond motifs is 1. The number of benzene rings is 1. The minimum Gasteiger partial charge on any atom is -0.396 e. The van der Waals surface area contributed by atoms with Crippen molar-refractivity contribution < 1.29 is 4.79 Å². The highest BCUT2D eigenvalue weighted by molar-refractivity contribution is 6.10. The molecule has 1 aliphatic heterocycles. The van der Waals surface area contributed by atoms with Gasteiger partial charge in [-0.1, -0.05) is 12.1 Å². The molecule has 1 aromatic carbocycles. The van der Waals surface area contributed by atoms with Crippen molar-refractivity contribution in [2.75, 3.05) is 35.7 Å². The van der Waals surface area contributed by atoms with Crippen molar-refractivity contribution >= 4 is 23.0 Å². The summed E-state index contributed by atoms with van der Waals surface area (Å²) >= 11 is 0. The average Bonchev–Trinajstić information content (AvgIpc) is 2.78. The van der Waals surface area contributed by atoms with Gasteiger partial charge in [0.2, 0.25) is 0 Å². The van der Waals surface area contributed by atoms with E-state index in [0.717, 1.165) is 17.9 Å². The number of anilines is 3. The number of hydrogen-bond donors (Lipinski definition) is 1. The highest BCUT2D eigenvalue weighted by atomic mass is 16.2. The minimum atomic E-state index is -0.108. The lowest BCUT2D eigenvalue weighted by Gasteiger charge is -2.35. The summed E-state index contributed by atoms with van der Waals surface area (Å²) in [6.07, 6.45) is 1.51. The molecule has 2 N–H and O–H groups in total. The predicted octanol–water partition coefficient (Wildman–Crippen LogP) is 1.10. The Labute approximate surface area is 117 Å². The van der Waals surface area contributed by atoms with Gasteiger partial charge in [0.25, 0.3) is 5.91 Å². The molecule has 3 rings (SSSR count). The largest absolute Gasteiger partial charge is 0.396 e. The van der Waals surface area contributed by atoms with Crippen LogP contribution in [0, 0.1) is 0 Å². The third-order valence-electron chi connectivity index (χ3n) is 3.66. The number of para-hydroxylation sites is 2. The van der Waals surface area contributed by atoms with Crippen LogP contribution in [-0.4, -0.2) is 35.8 Å². The molecule has 104 valence electrons. The molecule has 0 aliphatic carbocycles. The lowest BCUT2D eigenvalue weighted by Crippen LogP contribution is -2.43. The average molecular weight is 271 g/mol. The first kappa shape index (κ1) is 12.5. The van der Waals surface area contributed by atoms with Crippen LogP contribution in [0.5, 0.6) is 0 Å². The van der Waals surface area contributed by atoms with Gasteiger partial charge in [-0.15, -0.1) is 0 Å². The molecule has 0 fully saturated rings. The van der Waals surface area contributed by atoms with Crippen molar-refractivity contribution in [2.24, 2.45) is 7.05 Å². The summed E-state index contributed by atoms with van der Waals surface area (Å²) < 4.78 is 1.53. The number of rotatable bonds is 1. The van der Waals surface area contributed by atoms with Gasteiger partial charge in [0.1, 0.15) is 5.69 Å². The number of carbonyl (C=O) groups excluding carboxylic acids is 1. The Bertz CT molecular complexity index is 644. The number of aryl methyl sites for hydroxylation is 1. The van der Waals surface area contributed by atoms with Gasteiger partial charge in [0.05, 0.1) is 23.3 Å². The molecule has 1 aromatic heterocycles. The summed E-state index contributed by atoms with van der Waals surface area (Å²) in [5, 5.41) is 4.04. The van der Waals surface area contributed by atoms with Crippen molar-refractivity contribution in [2.45, 2.75) is 0 Å². The molecule has 0 radical (unpaired) electrons. The molecule has 0 atom stereocenters. The first-order chi connectivity index (χ1) is 9.59. The molecule has 0 spiro atoms. The molecule has 2 aromatic rings. The molecule has 0 unspecified atom stereocenters. The first-order valence-electron chi connectivity index (χ1n) is 6.49. The number of nitrogen functional groups attached to an aromatic ring is 1.